The fraction of sp³-hybridized carbons (Fsp3) is 0.235. The zero-order valence-electron chi connectivity index (χ0n) is 12.0. The molecule has 0 spiro atoms. The number of hydrogen-bond donors (Lipinski definition) is 2. The average molecular weight is 283 g/mol. The highest BCUT2D eigenvalue weighted by Gasteiger charge is 2.27. The first kappa shape index (κ1) is 13.5. The van der Waals surface area contributed by atoms with Crippen LogP contribution in [-0.2, 0) is 4.79 Å². The molecule has 21 heavy (non-hydrogen) atoms. The van der Waals surface area contributed by atoms with E-state index in [4.69, 9.17) is 4.42 Å². The summed E-state index contributed by atoms with van der Waals surface area (Å²) in [6.45, 7) is 3.85. The monoisotopic (exact) mass is 283 g/mol. The summed E-state index contributed by atoms with van der Waals surface area (Å²) in [6.07, 6.45) is 3.98. The highest BCUT2D eigenvalue weighted by Crippen LogP contribution is 2.40. The van der Waals surface area contributed by atoms with Gasteiger partial charge in [0.25, 0.3) is 0 Å². The average Bonchev–Trinajstić information content (AvgIpc) is 2.92. The Bertz CT molecular complexity index is 714. The number of nitrogens with one attached hydrogen (secondary N) is 1. The number of aromatic hydroxyl groups is 1. The Labute approximate surface area is 123 Å². The maximum atomic E-state index is 11.9. The van der Waals surface area contributed by atoms with E-state index in [0.29, 0.717) is 12.1 Å². The number of benzene rings is 1. The Morgan fingerprint density at radius 2 is 2.29 bits per heavy atom. The third-order valence-electron chi connectivity index (χ3n) is 3.87. The van der Waals surface area contributed by atoms with Crippen molar-refractivity contribution in [3.05, 3.63) is 53.0 Å². The van der Waals surface area contributed by atoms with Crippen molar-refractivity contribution in [1.29, 1.82) is 0 Å². The summed E-state index contributed by atoms with van der Waals surface area (Å²) < 4.78 is 5.34. The standard InChI is InChI=1S/C17H17NO3/c1-10(6-12-4-3-5-21-12)13-8-17(20)18-15-9-16(19)11(2)7-14(13)15/h3-7,9,13,19H,8H2,1-2H3,(H,18,20)/b10-6+. The molecule has 0 saturated heterocycles. The first-order valence-corrected chi connectivity index (χ1v) is 6.89. The van der Waals surface area contributed by atoms with E-state index in [9.17, 15) is 9.90 Å². The zero-order chi connectivity index (χ0) is 15.0. The topological polar surface area (TPSA) is 62.5 Å². The number of carbonyl (C=O) groups excluding carboxylic acids is 1. The maximum Gasteiger partial charge on any atom is 0.225 e. The molecule has 1 amide bonds. The number of carbonyl (C=O) groups is 1. The van der Waals surface area contributed by atoms with Crippen LogP contribution in [0.1, 0.15) is 36.1 Å². The van der Waals surface area contributed by atoms with Crippen molar-refractivity contribution in [3.63, 3.8) is 0 Å². The van der Waals surface area contributed by atoms with Crippen molar-refractivity contribution in [1.82, 2.24) is 0 Å². The minimum Gasteiger partial charge on any atom is -0.508 e. The summed E-state index contributed by atoms with van der Waals surface area (Å²) in [5.74, 6) is 0.930. The molecule has 2 heterocycles. The molecule has 2 aromatic rings. The van der Waals surface area contributed by atoms with Crippen LogP contribution in [0.5, 0.6) is 5.75 Å². The molecule has 108 valence electrons. The minimum atomic E-state index is -0.0389. The van der Waals surface area contributed by atoms with Gasteiger partial charge < -0.3 is 14.8 Å². The number of furan rings is 1. The van der Waals surface area contributed by atoms with Crippen LogP contribution < -0.4 is 5.32 Å². The zero-order valence-corrected chi connectivity index (χ0v) is 12.0. The smallest absolute Gasteiger partial charge is 0.225 e. The molecular weight excluding hydrogens is 266 g/mol. The molecule has 4 nitrogen and oxygen atoms in total. The van der Waals surface area contributed by atoms with E-state index in [1.165, 1.54) is 0 Å². The normalized spacial score (nSPS) is 18.3. The molecular formula is C17H17NO3. The molecule has 0 bridgehead atoms. The molecule has 0 radical (unpaired) electrons. The van der Waals surface area contributed by atoms with E-state index in [-0.39, 0.29) is 17.6 Å². The second-order valence-corrected chi connectivity index (χ2v) is 5.43. The Morgan fingerprint density at radius 1 is 1.48 bits per heavy atom. The third-order valence-corrected chi connectivity index (χ3v) is 3.87. The fourth-order valence-electron chi connectivity index (χ4n) is 2.72. The van der Waals surface area contributed by atoms with Gasteiger partial charge in [0, 0.05) is 24.1 Å². The molecule has 0 fully saturated rings. The Hall–Kier alpha value is -2.49. The number of amides is 1. The van der Waals surface area contributed by atoms with Gasteiger partial charge in [0.2, 0.25) is 5.91 Å². The van der Waals surface area contributed by atoms with Crippen molar-refractivity contribution in [2.45, 2.75) is 26.2 Å². The number of allylic oxidation sites excluding steroid dienone is 1. The summed E-state index contributed by atoms with van der Waals surface area (Å²) in [5.41, 5.74) is 3.59. The predicted molar refractivity (Wildman–Crippen MR) is 81.2 cm³/mol. The molecule has 4 heteroatoms. The predicted octanol–water partition coefficient (Wildman–Crippen LogP) is 3.82. The van der Waals surface area contributed by atoms with Gasteiger partial charge in [0.05, 0.1) is 6.26 Å². The van der Waals surface area contributed by atoms with E-state index in [1.807, 2.05) is 38.1 Å². The van der Waals surface area contributed by atoms with Crippen LogP contribution in [0.2, 0.25) is 0 Å². The number of rotatable bonds is 2. The molecule has 2 N–H and O–H groups in total. The van der Waals surface area contributed by atoms with Crippen LogP contribution in [0.4, 0.5) is 5.69 Å². The maximum absolute atomic E-state index is 11.9. The molecule has 1 aliphatic rings. The molecule has 1 aromatic heterocycles. The van der Waals surface area contributed by atoms with Crippen molar-refractivity contribution >= 4 is 17.7 Å². The second-order valence-electron chi connectivity index (χ2n) is 5.43. The third kappa shape index (κ3) is 2.57. The number of phenols is 1. The van der Waals surface area contributed by atoms with Gasteiger partial charge in [-0.15, -0.1) is 0 Å². The summed E-state index contributed by atoms with van der Waals surface area (Å²) >= 11 is 0. The van der Waals surface area contributed by atoms with Gasteiger partial charge in [-0.25, -0.2) is 0 Å². The lowest BCUT2D eigenvalue weighted by molar-refractivity contribution is -0.116. The Kier molecular flexibility index (Phi) is 3.29. The van der Waals surface area contributed by atoms with Crippen molar-refractivity contribution < 1.29 is 14.3 Å². The highest BCUT2D eigenvalue weighted by molar-refractivity contribution is 5.95. The fourth-order valence-corrected chi connectivity index (χ4v) is 2.72. The van der Waals surface area contributed by atoms with Gasteiger partial charge in [-0.05, 0) is 49.2 Å². The number of phenolic OH excluding ortho intramolecular Hbond substituents is 1. The SMILES string of the molecule is C/C(=C\c1ccco1)C1CC(=O)Nc2cc(O)c(C)cc21. The number of hydrogen-bond acceptors (Lipinski definition) is 3. The first-order chi connectivity index (χ1) is 10.0. The van der Waals surface area contributed by atoms with E-state index < -0.39 is 0 Å². The molecule has 0 aliphatic carbocycles. The molecule has 3 rings (SSSR count). The molecule has 1 aromatic carbocycles. The largest absolute Gasteiger partial charge is 0.508 e. The molecule has 1 atom stereocenters. The lowest BCUT2D eigenvalue weighted by Crippen LogP contribution is -2.23. The van der Waals surface area contributed by atoms with Crippen LogP contribution in [0.3, 0.4) is 0 Å². The van der Waals surface area contributed by atoms with Crippen LogP contribution in [0.15, 0.2) is 40.5 Å². The van der Waals surface area contributed by atoms with Gasteiger partial charge in [-0.2, -0.15) is 0 Å². The molecule has 1 unspecified atom stereocenters. The van der Waals surface area contributed by atoms with Gasteiger partial charge in [-0.1, -0.05) is 5.57 Å². The minimum absolute atomic E-state index is 0.00171. The van der Waals surface area contributed by atoms with Crippen molar-refractivity contribution in [3.8, 4) is 5.75 Å². The number of aryl methyl sites for hydroxylation is 1. The molecule has 0 saturated carbocycles. The van der Waals surface area contributed by atoms with E-state index in [0.717, 1.165) is 22.5 Å². The van der Waals surface area contributed by atoms with Crippen LogP contribution >= 0.6 is 0 Å². The number of anilines is 1. The van der Waals surface area contributed by atoms with Gasteiger partial charge in [-0.3, -0.25) is 4.79 Å². The van der Waals surface area contributed by atoms with Crippen LogP contribution in [0.25, 0.3) is 6.08 Å². The van der Waals surface area contributed by atoms with E-state index in [1.54, 1.807) is 12.3 Å². The van der Waals surface area contributed by atoms with Crippen molar-refractivity contribution in [2.75, 3.05) is 5.32 Å². The Morgan fingerprint density at radius 3 is 3.00 bits per heavy atom. The highest BCUT2D eigenvalue weighted by atomic mass is 16.3. The summed E-state index contributed by atoms with van der Waals surface area (Å²) in [5, 5.41) is 12.6. The quantitative estimate of drug-likeness (QED) is 0.880. The van der Waals surface area contributed by atoms with Gasteiger partial charge >= 0.3 is 0 Å². The van der Waals surface area contributed by atoms with Gasteiger partial charge in [0.15, 0.2) is 0 Å². The lowest BCUT2D eigenvalue weighted by atomic mass is 9.84. The second kappa shape index (κ2) is 5.13. The van der Waals surface area contributed by atoms with Crippen molar-refractivity contribution in [2.24, 2.45) is 0 Å². The molecule has 1 aliphatic heterocycles. The number of fused-ring (bicyclic) bond motifs is 1. The first-order valence-electron chi connectivity index (χ1n) is 6.89. The van der Waals surface area contributed by atoms with Crippen LogP contribution in [-0.4, -0.2) is 11.0 Å². The summed E-state index contributed by atoms with van der Waals surface area (Å²) in [4.78, 5) is 11.9. The van der Waals surface area contributed by atoms with E-state index >= 15 is 0 Å². The van der Waals surface area contributed by atoms with E-state index in [2.05, 4.69) is 5.32 Å². The lowest BCUT2D eigenvalue weighted by Gasteiger charge is -2.27. The summed E-state index contributed by atoms with van der Waals surface area (Å²) in [7, 11) is 0. The summed E-state index contributed by atoms with van der Waals surface area (Å²) in [6, 6.07) is 7.28. The Balaban J connectivity index is 2.04. The van der Waals surface area contributed by atoms with Crippen LogP contribution in [0, 0.1) is 6.92 Å². The van der Waals surface area contributed by atoms with Gasteiger partial charge in [0.1, 0.15) is 11.5 Å².